The van der Waals surface area contributed by atoms with Crippen LogP contribution in [0.2, 0.25) is 0 Å². The summed E-state index contributed by atoms with van der Waals surface area (Å²) in [7, 11) is 0. The number of nitrogens with one attached hydrogen (secondary N) is 1. The second-order valence-corrected chi connectivity index (χ2v) is 18.5. The van der Waals surface area contributed by atoms with Crippen molar-refractivity contribution in [2.24, 2.45) is 0 Å². The van der Waals surface area contributed by atoms with Gasteiger partial charge in [-0.3, -0.25) is 9.59 Å². The molecule has 382 valence electrons. The minimum Gasteiger partial charge on any atom is -0.457 e. The zero-order valence-electron chi connectivity index (χ0n) is 41.8. The maximum Gasteiger partial charge on any atom is 0.338 e. The number of aliphatic hydroxyl groups excluding tert-OH is 2. The Morgan fingerprint density at radius 3 is 1.59 bits per heavy atom. The van der Waals surface area contributed by atoms with Crippen molar-refractivity contribution in [3.05, 3.63) is 83.9 Å². The molecule has 68 heavy (non-hydrogen) atoms. The third-order valence-electron chi connectivity index (χ3n) is 12.6. The summed E-state index contributed by atoms with van der Waals surface area (Å²) in [6.45, 7) is 4.66. The molecule has 0 bridgehead atoms. The molecule has 0 aromatic heterocycles. The van der Waals surface area contributed by atoms with Crippen LogP contribution in [0.15, 0.2) is 72.8 Å². The highest BCUT2D eigenvalue weighted by Gasteiger charge is 2.50. The maximum atomic E-state index is 13.8. The van der Waals surface area contributed by atoms with Gasteiger partial charge in [-0.1, -0.05) is 198 Å². The third kappa shape index (κ3) is 24.4. The van der Waals surface area contributed by atoms with Gasteiger partial charge < -0.3 is 39.2 Å². The van der Waals surface area contributed by atoms with E-state index in [4.69, 9.17) is 23.7 Å². The summed E-state index contributed by atoms with van der Waals surface area (Å²) in [5, 5.41) is 24.9. The van der Waals surface area contributed by atoms with Crippen LogP contribution in [0.5, 0.6) is 0 Å². The lowest BCUT2D eigenvalue weighted by Gasteiger charge is -2.43. The fourth-order valence-electron chi connectivity index (χ4n) is 8.58. The van der Waals surface area contributed by atoms with Crippen LogP contribution in [0.4, 0.5) is 0 Å². The van der Waals surface area contributed by atoms with E-state index in [2.05, 4.69) is 19.2 Å². The van der Waals surface area contributed by atoms with E-state index in [1.807, 2.05) is 6.08 Å². The number of hydrogen-bond donors (Lipinski definition) is 3. The molecule has 1 amide bonds. The molecule has 1 aliphatic rings. The number of carbonyl (C=O) groups is 4. The molecule has 0 aliphatic carbocycles. The summed E-state index contributed by atoms with van der Waals surface area (Å²) in [6, 6.07) is 15.8. The lowest BCUT2D eigenvalue weighted by Crippen LogP contribution is -2.62. The topological polar surface area (TPSA) is 167 Å². The van der Waals surface area contributed by atoms with E-state index in [-0.39, 0.29) is 24.5 Å². The number of amides is 1. The van der Waals surface area contributed by atoms with Gasteiger partial charge in [-0.05, 0) is 49.6 Å². The average molecular weight is 950 g/mol. The Morgan fingerprint density at radius 2 is 1.10 bits per heavy atom. The van der Waals surface area contributed by atoms with Crippen molar-refractivity contribution < 1.29 is 53.1 Å². The average Bonchev–Trinajstić information content (AvgIpc) is 3.34. The molecule has 1 saturated heterocycles. The fraction of sp³-hybridized carbons (Fsp3) is 0.679. The number of rotatable bonds is 38. The van der Waals surface area contributed by atoms with Crippen molar-refractivity contribution in [1.82, 2.24) is 5.32 Å². The molecule has 0 unspecified atom stereocenters. The molecule has 1 aliphatic heterocycles. The zero-order chi connectivity index (χ0) is 49.0. The van der Waals surface area contributed by atoms with Crippen molar-refractivity contribution >= 4 is 23.8 Å². The molecule has 1 heterocycles. The van der Waals surface area contributed by atoms with Crippen LogP contribution < -0.4 is 5.32 Å². The fourth-order valence-corrected chi connectivity index (χ4v) is 8.58. The SMILES string of the molecule is CCCCCCCCCCCCCC=C[C@@H](OC(=O)c1ccccc1)[C@H](CO[C@@H]1O[C@H](CO)[C@H](OC(C)=O)[C@H](O)[C@H]1OC(=O)c1ccccc1)NC(=O)CCCCCCCCCCCCCCC. The van der Waals surface area contributed by atoms with Gasteiger partial charge in [-0.15, -0.1) is 0 Å². The van der Waals surface area contributed by atoms with E-state index >= 15 is 0 Å². The van der Waals surface area contributed by atoms with Gasteiger partial charge in [0.2, 0.25) is 5.91 Å². The second-order valence-electron chi connectivity index (χ2n) is 18.5. The Kier molecular flexibility index (Phi) is 31.5. The molecule has 12 heteroatoms. The molecule has 3 rings (SSSR count). The number of ether oxygens (including phenoxy) is 5. The van der Waals surface area contributed by atoms with Crippen molar-refractivity contribution in [3.63, 3.8) is 0 Å². The van der Waals surface area contributed by atoms with Gasteiger partial charge in [0.15, 0.2) is 18.5 Å². The molecule has 0 spiro atoms. The Labute approximate surface area is 408 Å². The Morgan fingerprint density at radius 1 is 0.632 bits per heavy atom. The second kappa shape index (κ2) is 36.8. The standard InChI is InChI=1S/C56H87NO11/c1-4-6-8-10-12-14-16-18-20-22-24-26-34-40-48(66-54(62)45-36-30-28-31-37-45)47(57-50(60)41-35-27-25-23-21-19-17-15-13-11-9-7-5-2)43-64-56-53(68-55(63)46-38-32-29-33-39-46)51(61)52(65-44(3)59)49(42-58)67-56/h28-34,36-40,47-49,51-53,56,58,61H,4-27,35,41-43H2,1-3H3,(H,57,60)/t47-,48+,49+,51-,52-,53+,56+/m0/s1. The smallest absolute Gasteiger partial charge is 0.338 e. The summed E-state index contributed by atoms with van der Waals surface area (Å²) in [5.74, 6) is -2.37. The number of esters is 3. The summed E-state index contributed by atoms with van der Waals surface area (Å²) in [4.78, 5) is 52.9. The van der Waals surface area contributed by atoms with Gasteiger partial charge in [0.05, 0.1) is 30.4 Å². The number of aliphatic hydroxyl groups is 2. The predicted octanol–water partition coefficient (Wildman–Crippen LogP) is 11.7. The van der Waals surface area contributed by atoms with Gasteiger partial charge >= 0.3 is 17.9 Å². The van der Waals surface area contributed by atoms with Crippen molar-refractivity contribution in [2.45, 2.75) is 231 Å². The molecule has 2 aromatic carbocycles. The van der Waals surface area contributed by atoms with Gasteiger partial charge in [0.1, 0.15) is 18.3 Å². The van der Waals surface area contributed by atoms with Crippen molar-refractivity contribution in [3.8, 4) is 0 Å². The molecule has 0 radical (unpaired) electrons. The van der Waals surface area contributed by atoms with Gasteiger partial charge in [0.25, 0.3) is 0 Å². The number of benzene rings is 2. The highest BCUT2D eigenvalue weighted by atomic mass is 16.7. The number of carbonyl (C=O) groups excluding carboxylic acids is 4. The van der Waals surface area contributed by atoms with Gasteiger partial charge in [-0.2, -0.15) is 0 Å². The first-order chi connectivity index (χ1) is 33.2. The molecule has 2 aromatic rings. The van der Waals surface area contributed by atoms with E-state index in [1.165, 1.54) is 109 Å². The predicted molar refractivity (Wildman–Crippen MR) is 267 cm³/mol. The first-order valence-corrected chi connectivity index (χ1v) is 26.4. The molecule has 7 atom stereocenters. The van der Waals surface area contributed by atoms with Crippen LogP contribution in [-0.4, -0.2) is 90.1 Å². The minimum absolute atomic E-state index is 0.195. The number of allylic oxidation sites excluding steroid dienone is 1. The summed E-state index contributed by atoms with van der Waals surface area (Å²) in [5.41, 5.74) is 0.532. The van der Waals surface area contributed by atoms with Crippen LogP contribution in [-0.2, 0) is 33.3 Å². The van der Waals surface area contributed by atoms with Crippen LogP contribution in [0, 0.1) is 0 Å². The molecule has 12 nitrogen and oxygen atoms in total. The molecule has 1 fully saturated rings. The van der Waals surface area contributed by atoms with E-state index < -0.39 is 67.4 Å². The van der Waals surface area contributed by atoms with Gasteiger partial charge in [0, 0.05) is 13.3 Å². The van der Waals surface area contributed by atoms with Crippen LogP contribution in [0.1, 0.15) is 208 Å². The molecule has 3 N–H and O–H groups in total. The van der Waals surface area contributed by atoms with Crippen molar-refractivity contribution in [1.29, 1.82) is 0 Å². The summed E-state index contributed by atoms with van der Waals surface area (Å²) < 4.78 is 29.7. The Balaban J connectivity index is 1.76. The van der Waals surface area contributed by atoms with E-state index in [0.29, 0.717) is 12.0 Å². The number of unbranched alkanes of at least 4 members (excludes halogenated alkanes) is 23. The largest absolute Gasteiger partial charge is 0.457 e. The normalized spacial score (nSPS) is 19.0. The van der Waals surface area contributed by atoms with Crippen LogP contribution in [0.3, 0.4) is 0 Å². The lowest BCUT2D eigenvalue weighted by atomic mass is 9.98. The van der Waals surface area contributed by atoms with E-state index in [9.17, 15) is 29.4 Å². The molecular weight excluding hydrogens is 863 g/mol. The highest BCUT2D eigenvalue weighted by molar-refractivity contribution is 5.90. The number of hydrogen-bond acceptors (Lipinski definition) is 11. The van der Waals surface area contributed by atoms with Crippen molar-refractivity contribution in [2.75, 3.05) is 13.2 Å². The van der Waals surface area contributed by atoms with Gasteiger partial charge in [-0.25, -0.2) is 9.59 Å². The first-order valence-electron chi connectivity index (χ1n) is 26.4. The highest BCUT2D eigenvalue weighted by Crippen LogP contribution is 2.28. The maximum absolute atomic E-state index is 13.8. The quantitative estimate of drug-likeness (QED) is 0.0254. The zero-order valence-corrected chi connectivity index (χ0v) is 41.8. The van der Waals surface area contributed by atoms with Crippen LogP contribution in [0.25, 0.3) is 0 Å². The Hall–Kier alpha value is -4.10. The Bertz CT molecular complexity index is 1660. The summed E-state index contributed by atoms with van der Waals surface area (Å²) in [6.07, 6.45) is 25.2. The summed E-state index contributed by atoms with van der Waals surface area (Å²) >= 11 is 0. The van der Waals surface area contributed by atoms with E-state index in [1.54, 1.807) is 66.7 Å². The monoisotopic (exact) mass is 950 g/mol. The third-order valence-corrected chi connectivity index (χ3v) is 12.6. The van der Waals surface area contributed by atoms with E-state index in [0.717, 1.165) is 51.9 Å². The molecular formula is C56H87NO11. The molecule has 0 saturated carbocycles. The van der Waals surface area contributed by atoms with Crippen LogP contribution >= 0.6 is 0 Å². The lowest BCUT2D eigenvalue weighted by molar-refractivity contribution is -0.303. The minimum atomic E-state index is -1.66. The first kappa shape index (κ1) is 58.2.